The molecule has 0 spiro atoms. The van der Waals surface area contributed by atoms with Gasteiger partial charge in [0.05, 0.1) is 0 Å². The summed E-state index contributed by atoms with van der Waals surface area (Å²) in [7, 11) is 0. The molecule has 3 aliphatic rings. The van der Waals surface area contributed by atoms with Crippen molar-refractivity contribution in [3.05, 3.63) is 161 Å². The summed E-state index contributed by atoms with van der Waals surface area (Å²) in [6, 6.07) is 38.3. The van der Waals surface area contributed by atoms with Crippen LogP contribution in [0.3, 0.4) is 0 Å². The quantitative estimate of drug-likeness (QED) is 0.174. The third-order valence-electron chi connectivity index (χ3n) is 11.7. The third kappa shape index (κ3) is 4.45. The lowest BCUT2D eigenvalue weighted by Crippen LogP contribution is -2.35. The fourth-order valence-corrected chi connectivity index (χ4v) is 9.21. The maximum absolute atomic E-state index is 15.3. The monoisotopic (exact) mass is 669 g/mol. The third-order valence-corrected chi connectivity index (χ3v) is 11.7. The summed E-state index contributed by atoms with van der Waals surface area (Å²) in [5, 5.41) is 6.29. The van der Waals surface area contributed by atoms with Gasteiger partial charge < -0.3 is 9.64 Å². The Morgan fingerprint density at radius 3 is 2.16 bits per heavy atom. The molecule has 7 aromatic carbocycles. The van der Waals surface area contributed by atoms with Crippen LogP contribution in [0.15, 0.2) is 121 Å². The Hall–Kier alpha value is -5.48. The number of halogens is 2. The molecule has 2 aliphatic heterocycles. The average molecular weight is 670 g/mol. The van der Waals surface area contributed by atoms with E-state index in [2.05, 4.69) is 110 Å². The predicted octanol–water partition coefficient (Wildman–Crippen LogP) is 12.1. The van der Waals surface area contributed by atoms with E-state index in [0.29, 0.717) is 11.1 Å². The van der Waals surface area contributed by atoms with Crippen molar-refractivity contribution in [2.45, 2.75) is 44.1 Å². The summed E-state index contributed by atoms with van der Waals surface area (Å²) in [6.07, 6.45) is 8.06. The second kappa shape index (κ2) is 11.0. The zero-order valence-corrected chi connectivity index (χ0v) is 28.8. The van der Waals surface area contributed by atoms with E-state index in [9.17, 15) is 4.39 Å². The van der Waals surface area contributed by atoms with Gasteiger partial charge in [-0.05, 0) is 117 Å². The van der Waals surface area contributed by atoms with Crippen LogP contribution in [-0.4, -0.2) is 13.1 Å². The molecule has 0 aromatic heterocycles. The van der Waals surface area contributed by atoms with Gasteiger partial charge in [0.25, 0.3) is 0 Å². The van der Waals surface area contributed by atoms with Crippen molar-refractivity contribution >= 4 is 44.1 Å². The summed E-state index contributed by atoms with van der Waals surface area (Å²) >= 11 is 0. The molecule has 1 atom stereocenters. The molecule has 7 aromatic rings. The standard InChI is InChI=1S/C47H37F2NO/c1-46(2)42-28-34(49)17-21-38(42)43-37-20-16-33(48)27-41(37)45-39(44(43)46)22-23-47(51-45,31-14-18-35(19-15-31)50-24-6-3-7-25-50)32-13-12-30-11-10-29-8-4-5-9-36(29)40(30)26-32/h4-5,8-23,26-28H,3,6-7,24-25H2,1-2H3. The van der Waals surface area contributed by atoms with Gasteiger partial charge in [0.15, 0.2) is 5.60 Å². The van der Waals surface area contributed by atoms with Gasteiger partial charge in [0.2, 0.25) is 0 Å². The van der Waals surface area contributed by atoms with E-state index < -0.39 is 11.0 Å². The van der Waals surface area contributed by atoms with E-state index in [0.717, 1.165) is 68.2 Å². The maximum atomic E-state index is 15.3. The second-order valence-electron chi connectivity index (χ2n) is 15.0. The number of anilines is 1. The molecule has 1 fully saturated rings. The molecule has 0 bridgehead atoms. The van der Waals surface area contributed by atoms with Gasteiger partial charge in [-0.25, -0.2) is 8.78 Å². The SMILES string of the molecule is CC1(C)c2cc(F)ccc2-c2c1c1c(c3cc(F)ccc23)OC(c2ccc(N3CCCCC3)cc2)(c2ccc3ccc4ccccc4c3c2)C=C1. The average Bonchev–Trinajstić information content (AvgIpc) is 3.40. The Morgan fingerprint density at radius 2 is 1.33 bits per heavy atom. The van der Waals surface area contributed by atoms with Gasteiger partial charge in [-0.1, -0.05) is 92.7 Å². The van der Waals surface area contributed by atoms with Crippen LogP contribution in [-0.2, 0) is 11.0 Å². The van der Waals surface area contributed by atoms with Gasteiger partial charge in [-0.15, -0.1) is 0 Å². The smallest absolute Gasteiger partial charge is 0.178 e. The molecular formula is C47H37F2NO. The van der Waals surface area contributed by atoms with E-state index in [4.69, 9.17) is 4.74 Å². The van der Waals surface area contributed by atoms with Crippen LogP contribution in [0.25, 0.3) is 49.5 Å². The highest BCUT2D eigenvalue weighted by Gasteiger charge is 2.44. The zero-order chi connectivity index (χ0) is 34.5. The zero-order valence-electron chi connectivity index (χ0n) is 28.8. The van der Waals surface area contributed by atoms with Crippen molar-refractivity contribution in [3.63, 3.8) is 0 Å². The molecule has 250 valence electrons. The minimum atomic E-state index is -1.01. The molecule has 0 saturated carbocycles. The molecule has 1 saturated heterocycles. The van der Waals surface area contributed by atoms with E-state index in [1.54, 1.807) is 12.1 Å². The predicted molar refractivity (Wildman–Crippen MR) is 206 cm³/mol. The molecule has 2 heterocycles. The topological polar surface area (TPSA) is 12.5 Å². The minimum Gasteiger partial charge on any atom is -0.472 e. The highest BCUT2D eigenvalue weighted by molar-refractivity contribution is 6.09. The highest BCUT2D eigenvalue weighted by atomic mass is 19.1. The van der Waals surface area contributed by atoms with Crippen LogP contribution in [0.4, 0.5) is 14.5 Å². The van der Waals surface area contributed by atoms with Crippen LogP contribution >= 0.6 is 0 Å². The highest BCUT2D eigenvalue weighted by Crippen LogP contribution is 2.58. The summed E-state index contributed by atoms with van der Waals surface area (Å²) in [5.41, 5.74) is 6.62. The van der Waals surface area contributed by atoms with Crippen molar-refractivity contribution < 1.29 is 13.5 Å². The first-order chi connectivity index (χ1) is 24.8. The molecule has 10 rings (SSSR count). The first kappa shape index (κ1) is 30.4. The van der Waals surface area contributed by atoms with Gasteiger partial charge in [0, 0.05) is 46.3 Å². The summed E-state index contributed by atoms with van der Waals surface area (Å²) in [4.78, 5) is 2.47. The van der Waals surface area contributed by atoms with Gasteiger partial charge in [-0.3, -0.25) is 0 Å². The normalized spacial score (nSPS) is 18.9. The van der Waals surface area contributed by atoms with E-state index in [1.165, 1.54) is 47.9 Å². The summed E-state index contributed by atoms with van der Waals surface area (Å²) in [6.45, 7) is 6.43. The molecule has 2 nitrogen and oxygen atoms in total. The lowest BCUT2D eigenvalue weighted by molar-refractivity contribution is 0.163. The molecule has 0 amide bonds. The molecule has 51 heavy (non-hydrogen) atoms. The van der Waals surface area contributed by atoms with Crippen LogP contribution < -0.4 is 9.64 Å². The molecular weight excluding hydrogens is 633 g/mol. The van der Waals surface area contributed by atoms with Crippen molar-refractivity contribution in [2.24, 2.45) is 0 Å². The molecule has 0 radical (unpaired) electrons. The Labute approximate surface area is 296 Å². The van der Waals surface area contributed by atoms with E-state index >= 15 is 4.39 Å². The number of hydrogen-bond acceptors (Lipinski definition) is 2. The van der Waals surface area contributed by atoms with Crippen molar-refractivity contribution in [2.75, 3.05) is 18.0 Å². The number of piperidine rings is 1. The fourth-order valence-electron chi connectivity index (χ4n) is 9.21. The van der Waals surface area contributed by atoms with Crippen molar-refractivity contribution in [1.29, 1.82) is 0 Å². The van der Waals surface area contributed by atoms with Gasteiger partial charge >= 0.3 is 0 Å². The number of nitrogens with zero attached hydrogens (tertiary/aromatic N) is 1. The van der Waals surface area contributed by atoms with Crippen molar-refractivity contribution in [3.8, 4) is 16.9 Å². The lowest BCUT2D eigenvalue weighted by Gasteiger charge is -2.39. The van der Waals surface area contributed by atoms with Gasteiger partial charge in [-0.2, -0.15) is 0 Å². The lowest BCUT2D eigenvalue weighted by atomic mass is 9.76. The minimum absolute atomic E-state index is 0.263. The van der Waals surface area contributed by atoms with E-state index in [1.807, 2.05) is 12.1 Å². The first-order valence-corrected chi connectivity index (χ1v) is 18.1. The van der Waals surface area contributed by atoms with Crippen LogP contribution in [0.2, 0.25) is 0 Å². The Kier molecular flexibility index (Phi) is 6.55. The first-order valence-electron chi connectivity index (χ1n) is 18.1. The summed E-state index contributed by atoms with van der Waals surface area (Å²) < 4.78 is 37.6. The summed E-state index contributed by atoms with van der Waals surface area (Å²) in [5.74, 6) is 0.0553. The maximum Gasteiger partial charge on any atom is 0.178 e. The number of fused-ring (bicyclic) bond motifs is 11. The molecule has 0 N–H and O–H groups in total. The van der Waals surface area contributed by atoms with Gasteiger partial charge in [0.1, 0.15) is 17.4 Å². The van der Waals surface area contributed by atoms with Crippen LogP contribution in [0.5, 0.6) is 5.75 Å². The van der Waals surface area contributed by atoms with E-state index in [-0.39, 0.29) is 11.6 Å². The Balaban J connectivity index is 1.24. The number of benzene rings is 7. The largest absolute Gasteiger partial charge is 0.472 e. The Bertz CT molecular complexity index is 2600. The Morgan fingerprint density at radius 1 is 0.627 bits per heavy atom. The molecule has 1 unspecified atom stereocenters. The van der Waals surface area contributed by atoms with Crippen molar-refractivity contribution in [1.82, 2.24) is 0 Å². The number of ether oxygens (including phenoxy) is 1. The number of rotatable bonds is 3. The fraction of sp³-hybridized carbons (Fsp3) is 0.191. The second-order valence-corrected chi connectivity index (χ2v) is 15.0. The molecule has 4 heteroatoms. The van der Waals surface area contributed by atoms with Crippen LogP contribution in [0, 0.1) is 11.6 Å². The van der Waals surface area contributed by atoms with Crippen LogP contribution in [0.1, 0.15) is 60.9 Å². The molecule has 1 aliphatic carbocycles. The number of hydrogen-bond donors (Lipinski definition) is 0.